The largest absolute Gasteiger partial charge is 0.480 e. The Morgan fingerprint density at radius 1 is 1.27 bits per heavy atom. The van der Waals surface area contributed by atoms with E-state index >= 15 is 0 Å². The molecule has 0 bridgehead atoms. The molecule has 22 heavy (non-hydrogen) atoms. The lowest BCUT2D eigenvalue weighted by atomic mass is 10.2. The number of alkyl halides is 3. The second-order valence-corrected chi connectivity index (χ2v) is 5.69. The molecule has 2 rings (SSSR count). The molecule has 2 atom stereocenters. The summed E-state index contributed by atoms with van der Waals surface area (Å²) in [4.78, 5) is 23.5. The van der Waals surface area contributed by atoms with Gasteiger partial charge in [-0.3, -0.25) is 4.79 Å². The van der Waals surface area contributed by atoms with Crippen molar-refractivity contribution < 1.29 is 27.9 Å². The molecule has 0 unspecified atom stereocenters. The Hall–Kier alpha value is -1.96. The van der Waals surface area contributed by atoms with E-state index < -0.39 is 29.3 Å². The van der Waals surface area contributed by atoms with Crippen LogP contribution in [-0.4, -0.2) is 39.7 Å². The lowest BCUT2D eigenvalue weighted by molar-refractivity contribution is -0.165. The summed E-state index contributed by atoms with van der Waals surface area (Å²) in [6.07, 6.45) is -3.67. The molecule has 0 saturated carbocycles. The Bertz CT molecular complexity index is 589. The van der Waals surface area contributed by atoms with Crippen LogP contribution in [0.15, 0.2) is 42.6 Å². The van der Waals surface area contributed by atoms with Crippen LogP contribution in [0.4, 0.5) is 13.2 Å². The van der Waals surface area contributed by atoms with E-state index in [4.69, 9.17) is 0 Å². The summed E-state index contributed by atoms with van der Waals surface area (Å²) in [5.74, 6) is -2.94. The molecular formula is C14H12F3NO3S. The summed E-state index contributed by atoms with van der Waals surface area (Å²) >= 11 is 1.30. The van der Waals surface area contributed by atoms with Gasteiger partial charge in [0, 0.05) is 18.0 Å². The van der Waals surface area contributed by atoms with E-state index in [1.165, 1.54) is 16.7 Å². The fourth-order valence-corrected chi connectivity index (χ4v) is 3.45. The minimum absolute atomic E-state index is 0.222. The smallest absolute Gasteiger partial charge is 0.454 e. The van der Waals surface area contributed by atoms with Crippen molar-refractivity contribution in [2.75, 3.05) is 5.75 Å². The minimum Gasteiger partial charge on any atom is -0.480 e. The van der Waals surface area contributed by atoms with Crippen LogP contribution in [0.2, 0.25) is 0 Å². The highest BCUT2D eigenvalue weighted by atomic mass is 32.2. The molecule has 0 aliphatic carbocycles. The van der Waals surface area contributed by atoms with Crippen LogP contribution in [0, 0.1) is 0 Å². The Balaban J connectivity index is 2.26. The summed E-state index contributed by atoms with van der Waals surface area (Å²) in [7, 11) is 0. The zero-order valence-electron chi connectivity index (χ0n) is 11.2. The fourth-order valence-electron chi connectivity index (χ4n) is 2.03. The molecule has 0 spiro atoms. The number of allylic oxidation sites excluding steroid dienone is 1. The highest BCUT2D eigenvalue weighted by molar-refractivity contribution is 7.99. The molecule has 0 aromatic heterocycles. The van der Waals surface area contributed by atoms with E-state index in [1.54, 1.807) is 30.3 Å². The standard InChI is InChI=1S/C14H12F3NO3S/c15-14(16,17)11(19)6-7-18-10(13(20)21)8-22-12(18)9-4-2-1-3-5-9/h1-7,10,12H,8H2,(H,20,21)/b7-6+/t10-,12+/m0/s1. The Morgan fingerprint density at radius 3 is 2.45 bits per heavy atom. The van der Waals surface area contributed by atoms with Gasteiger partial charge < -0.3 is 10.0 Å². The zero-order valence-corrected chi connectivity index (χ0v) is 12.0. The zero-order chi connectivity index (χ0) is 16.3. The molecule has 1 saturated heterocycles. The number of benzene rings is 1. The van der Waals surface area contributed by atoms with Gasteiger partial charge in [0.2, 0.25) is 0 Å². The van der Waals surface area contributed by atoms with Crippen LogP contribution in [0.1, 0.15) is 10.9 Å². The second kappa shape index (κ2) is 6.43. The fraction of sp³-hybridized carbons (Fsp3) is 0.286. The van der Waals surface area contributed by atoms with Crippen molar-refractivity contribution in [1.29, 1.82) is 0 Å². The number of nitrogens with zero attached hydrogens (tertiary/aromatic N) is 1. The van der Waals surface area contributed by atoms with Gasteiger partial charge in [-0.15, -0.1) is 11.8 Å². The highest BCUT2D eigenvalue weighted by Crippen LogP contribution is 2.41. The van der Waals surface area contributed by atoms with E-state index in [9.17, 15) is 27.9 Å². The van der Waals surface area contributed by atoms with E-state index in [-0.39, 0.29) is 5.75 Å². The quantitative estimate of drug-likeness (QED) is 0.860. The summed E-state index contributed by atoms with van der Waals surface area (Å²) in [5.41, 5.74) is 0.764. The van der Waals surface area contributed by atoms with Crippen LogP contribution in [0.5, 0.6) is 0 Å². The molecule has 0 amide bonds. The maximum atomic E-state index is 12.3. The Labute approximate surface area is 128 Å². The molecule has 4 nitrogen and oxygen atoms in total. The molecule has 118 valence electrons. The number of hydrogen-bond donors (Lipinski definition) is 1. The number of carboxylic acids is 1. The van der Waals surface area contributed by atoms with Gasteiger partial charge in [0.25, 0.3) is 5.78 Å². The number of thioether (sulfide) groups is 1. The predicted molar refractivity (Wildman–Crippen MR) is 75.1 cm³/mol. The van der Waals surface area contributed by atoms with Gasteiger partial charge in [0.15, 0.2) is 0 Å². The summed E-state index contributed by atoms with van der Waals surface area (Å²) < 4.78 is 36.8. The average molecular weight is 331 g/mol. The first kappa shape index (κ1) is 16.4. The van der Waals surface area contributed by atoms with Crippen molar-refractivity contribution >= 4 is 23.5 Å². The van der Waals surface area contributed by atoms with Gasteiger partial charge in [0.1, 0.15) is 11.4 Å². The van der Waals surface area contributed by atoms with E-state index in [0.29, 0.717) is 6.08 Å². The van der Waals surface area contributed by atoms with Crippen molar-refractivity contribution in [3.8, 4) is 0 Å². The number of halogens is 3. The first-order valence-corrected chi connectivity index (χ1v) is 7.31. The number of carbonyl (C=O) groups excluding carboxylic acids is 1. The third kappa shape index (κ3) is 3.62. The molecule has 1 fully saturated rings. The summed E-state index contributed by atoms with van der Waals surface area (Å²) in [6, 6.07) is 7.83. The third-order valence-corrected chi connectivity index (χ3v) is 4.43. The summed E-state index contributed by atoms with van der Waals surface area (Å²) in [6.45, 7) is 0. The van der Waals surface area contributed by atoms with Gasteiger partial charge in [-0.2, -0.15) is 13.2 Å². The number of hydrogen-bond acceptors (Lipinski definition) is 4. The number of ketones is 1. The lowest BCUT2D eigenvalue weighted by Gasteiger charge is -2.25. The predicted octanol–water partition coefficient (Wildman–Crippen LogP) is 2.83. The van der Waals surface area contributed by atoms with Crippen LogP contribution >= 0.6 is 11.8 Å². The lowest BCUT2D eigenvalue weighted by Crippen LogP contribution is -2.35. The van der Waals surface area contributed by atoms with E-state index in [1.807, 2.05) is 0 Å². The van der Waals surface area contributed by atoms with Crippen LogP contribution in [0.25, 0.3) is 0 Å². The van der Waals surface area contributed by atoms with Crippen molar-refractivity contribution in [1.82, 2.24) is 4.90 Å². The number of carboxylic acid groups (broad SMARTS) is 1. The Kier molecular flexibility index (Phi) is 4.80. The SMILES string of the molecule is O=C(O)[C@@H]1CS[C@H](c2ccccc2)N1/C=C/C(=O)C(F)(F)F. The van der Waals surface area contributed by atoms with Gasteiger partial charge in [0.05, 0.1) is 0 Å². The number of rotatable bonds is 4. The number of aliphatic carboxylic acids is 1. The van der Waals surface area contributed by atoms with Crippen LogP contribution in [0.3, 0.4) is 0 Å². The topological polar surface area (TPSA) is 57.6 Å². The van der Waals surface area contributed by atoms with Crippen molar-refractivity contribution in [3.63, 3.8) is 0 Å². The first-order valence-electron chi connectivity index (χ1n) is 6.27. The molecule has 1 aliphatic rings. The maximum Gasteiger partial charge on any atom is 0.454 e. The molecule has 1 aliphatic heterocycles. The molecule has 8 heteroatoms. The molecule has 1 aromatic rings. The van der Waals surface area contributed by atoms with Crippen LogP contribution in [-0.2, 0) is 9.59 Å². The molecule has 1 aromatic carbocycles. The first-order chi connectivity index (χ1) is 10.3. The normalized spacial score (nSPS) is 22.2. The third-order valence-electron chi connectivity index (χ3n) is 3.09. The van der Waals surface area contributed by atoms with E-state index in [2.05, 4.69) is 0 Å². The minimum atomic E-state index is -4.97. The van der Waals surface area contributed by atoms with Crippen molar-refractivity contribution in [2.45, 2.75) is 17.6 Å². The maximum absolute atomic E-state index is 12.3. The van der Waals surface area contributed by atoms with Gasteiger partial charge in [-0.1, -0.05) is 30.3 Å². The molecular weight excluding hydrogens is 319 g/mol. The van der Waals surface area contributed by atoms with Crippen molar-refractivity contribution in [2.24, 2.45) is 0 Å². The molecule has 1 heterocycles. The highest BCUT2D eigenvalue weighted by Gasteiger charge is 2.39. The summed E-state index contributed by atoms with van der Waals surface area (Å²) in [5, 5.41) is 8.73. The van der Waals surface area contributed by atoms with Crippen LogP contribution < -0.4 is 0 Å². The molecule has 1 N–H and O–H groups in total. The van der Waals surface area contributed by atoms with Gasteiger partial charge in [-0.25, -0.2) is 4.79 Å². The Morgan fingerprint density at radius 2 is 1.91 bits per heavy atom. The monoisotopic (exact) mass is 331 g/mol. The molecule has 0 radical (unpaired) electrons. The average Bonchev–Trinajstić information content (AvgIpc) is 2.88. The van der Waals surface area contributed by atoms with Crippen molar-refractivity contribution in [3.05, 3.63) is 48.2 Å². The van der Waals surface area contributed by atoms with Gasteiger partial charge >= 0.3 is 12.1 Å². The number of carbonyl (C=O) groups is 2. The van der Waals surface area contributed by atoms with Gasteiger partial charge in [-0.05, 0) is 5.56 Å². The van der Waals surface area contributed by atoms with E-state index in [0.717, 1.165) is 11.8 Å². The second-order valence-electron chi connectivity index (χ2n) is 4.58.